The average molecular weight is 216 g/mol. The predicted octanol–water partition coefficient (Wildman–Crippen LogP) is 3.34. The molecule has 1 N–H and O–H groups in total. The van der Waals surface area contributed by atoms with Gasteiger partial charge in [-0.05, 0) is 52.1 Å². The van der Waals surface area contributed by atoms with Crippen LogP contribution in [0.4, 0.5) is 0 Å². The second kappa shape index (κ2) is 5.77. The minimum atomic E-state index is 0.347. The molecule has 0 radical (unpaired) electrons. The molecule has 0 heterocycles. The van der Waals surface area contributed by atoms with E-state index in [1.54, 1.807) is 11.1 Å². The third-order valence-corrected chi connectivity index (χ3v) is 3.90. The number of hydrogen-bond donors (Lipinski definition) is 1. The van der Waals surface area contributed by atoms with Gasteiger partial charge in [0.2, 0.25) is 0 Å². The first-order chi connectivity index (χ1) is 6.65. The minimum absolute atomic E-state index is 0.347. The van der Waals surface area contributed by atoms with Crippen LogP contribution >= 0.6 is 11.6 Å². The van der Waals surface area contributed by atoms with Crippen LogP contribution in [0.2, 0.25) is 0 Å². The van der Waals surface area contributed by atoms with Gasteiger partial charge in [0, 0.05) is 5.38 Å². The predicted molar refractivity (Wildman–Crippen MR) is 63.9 cm³/mol. The zero-order valence-corrected chi connectivity index (χ0v) is 10.3. The van der Waals surface area contributed by atoms with Gasteiger partial charge in [-0.2, -0.15) is 0 Å². The molecular formula is C12H22ClN. The molecule has 1 rings (SSSR count). The third kappa shape index (κ3) is 3.29. The summed E-state index contributed by atoms with van der Waals surface area (Å²) >= 11 is 6.36. The van der Waals surface area contributed by atoms with Crippen LogP contribution < -0.4 is 5.32 Å². The number of allylic oxidation sites excluding steroid dienone is 1. The molecule has 14 heavy (non-hydrogen) atoms. The van der Waals surface area contributed by atoms with E-state index < -0.39 is 0 Å². The summed E-state index contributed by atoms with van der Waals surface area (Å²) in [7, 11) is 2.01. The highest BCUT2D eigenvalue weighted by Gasteiger charge is 2.20. The SMILES string of the molecule is CNCCC1=C(C)CCC(C)C(Cl)C1. The molecular weight excluding hydrogens is 194 g/mol. The van der Waals surface area contributed by atoms with E-state index in [1.807, 2.05) is 7.05 Å². The Morgan fingerprint density at radius 2 is 2.21 bits per heavy atom. The quantitative estimate of drug-likeness (QED) is 0.563. The molecule has 1 aliphatic carbocycles. The van der Waals surface area contributed by atoms with Gasteiger partial charge in [-0.1, -0.05) is 18.1 Å². The Hall–Kier alpha value is -0.0100. The van der Waals surface area contributed by atoms with Crippen LogP contribution in [0.15, 0.2) is 11.1 Å². The maximum atomic E-state index is 6.36. The van der Waals surface area contributed by atoms with Gasteiger partial charge in [0.25, 0.3) is 0 Å². The van der Waals surface area contributed by atoms with Gasteiger partial charge in [-0.3, -0.25) is 0 Å². The van der Waals surface area contributed by atoms with Gasteiger partial charge in [0.05, 0.1) is 0 Å². The molecule has 0 saturated heterocycles. The van der Waals surface area contributed by atoms with Crippen LogP contribution in [0, 0.1) is 5.92 Å². The van der Waals surface area contributed by atoms with Crippen molar-refractivity contribution in [2.75, 3.05) is 13.6 Å². The number of alkyl halides is 1. The molecule has 0 amide bonds. The van der Waals surface area contributed by atoms with Crippen LogP contribution in [0.5, 0.6) is 0 Å². The number of nitrogens with one attached hydrogen (secondary N) is 1. The summed E-state index contributed by atoms with van der Waals surface area (Å²) in [6.45, 7) is 5.61. The monoisotopic (exact) mass is 215 g/mol. The maximum absolute atomic E-state index is 6.36. The first-order valence-corrected chi connectivity index (χ1v) is 6.05. The van der Waals surface area contributed by atoms with Crippen LogP contribution in [0.3, 0.4) is 0 Å². The normalized spacial score (nSPS) is 29.1. The number of hydrogen-bond acceptors (Lipinski definition) is 1. The van der Waals surface area contributed by atoms with Crippen LogP contribution in [-0.2, 0) is 0 Å². The average Bonchev–Trinajstić information content (AvgIpc) is 2.29. The van der Waals surface area contributed by atoms with Gasteiger partial charge >= 0.3 is 0 Å². The van der Waals surface area contributed by atoms with Gasteiger partial charge < -0.3 is 5.32 Å². The Kier molecular flexibility index (Phi) is 4.97. The molecule has 0 spiro atoms. The molecule has 0 aromatic rings. The van der Waals surface area contributed by atoms with Crippen LogP contribution in [0.1, 0.15) is 39.5 Å². The van der Waals surface area contributed by atoms with Crippen molar-refractivity contribution in [2.24, 2.45) is 5.92 Å². The molecule has 2 atom stereocenters. The first kappa shape index (κ1) is 12.1. The highest BCUT2D eigenvalue weighted by atomic mass is 35.5. The van der Waals surface area contributed by atoms with Crippen molar-refractivity contribution >= 4 is 11.6 Å². The van der Waals surface area contributed by atoms with Crippen molar-refractivity contribution in [1.29, 1.82) is 0 Å². The van der Waals surface area contributed by atoms with Crippen molar-refractivity contribution in [3.63, 3.8) is 0 Å². The van der Waals surface area contributed by atoms with Crippen molar-refractivity contribution in [3.8, 4) is 0 Å². The zero-order valence-electron chi connectivity index (χ0n) is 9.57. The Morgan fingerprint density at radius 1 is 1.50 bits per heavy atom. The molecule has 2 unspecified atom stereocenters. The Balaban J connectivity index is 2.59. The molecule has 0 aromatic carbocycles. The summed E-state index contributed by atoms with van der Waals surface area (Å²) < 4.78 is 0. The highest BCUT2D eigenvalue weighted by molar-refractivity contribution is 6.20. The molecule has 82 valence electrons. The van der Waals surface area contributed by atoms with E-state index in [9.17, 15) is 0 Å². The van der Waals surface area contributed by atoms with Crippen molar-refractivity contribution in [3.05, 3.63) is 11.1 Å². The Bertz CT molecular complexity index is 210. The zero-order chi connectivity index (χ0) is 10.6. The van der Waals surface area contributed by atoms with E-state index in [0.29, 0.717) is 11.3 Å². The van der Waals surface area contributed by atoms with Crippen molar-refractivity contribution in [2.45, 2.75) is 44.9 Å². The van der Waals surface area contributed by atoms with Crippen LogP contribution in [0.25, 0.3) is 0 Å². The highest BCUT2D eigenvalue weighted by Crippen LogP contribution is 2.32. The van der Waals surface area contributed by atoms with Crippen LogP contribution in [-0.4, -0.2) is 19.0 Å². The smallest absolute Gasteiger partial charge is 0.0398 e. The standard InChI is InChI=1S/C12H22ClN/c1-9-4-5-10(2)12(13)8-11(9)6-7-14-3/h10,12,14H,4-8H2,1-3H3. The minimum Gasteiger partial charge on any atom is -0.319 e. The third-order valence-electron chi connectivity index (χ3n) is 3.31. The van der Waals surface area contributed by atoms with Crippen molar-refractivity contribution < 1.29 is 0 Å². The lowest BCUT2D eigenvalue weighted by molar-refractivity contribution is 0.513. The lowest BCUT2D eigenvalue weighted by atomic mass is 10.00. The van der Waals surface area contributed by atoms with E-state index in [0.717, 1.165) is 19.4 Å². The molecule has 1 nitrogen and oxygen atoms in total. The molecule has 0 aromatic heterocycles. The summed E-state index contributed by atoms with van der Waals surface area (Å²) in [5.41, 5.74) is 3.17. The molecule has 2 heteroatoms. The fraction of sp³-hybridized carbons (Fsp3) is 0.833. The molecule has 0 fully saturated rings. The van der Waals surface area contributed by atoms with E-state index in [-0.39, 0.29) is 0 Å². The Morgan fingerprint density at radius 3 is 2.86 bits per heavy atom. The molecule has 0 saturated carbocycles. The second-order valence-corrected chi connectivity index (χ2v) is 5.03. The lowest BCUT2D eigenvalue weighted by Gasteiger charge is -2.15. The fourth-order valence-electron chi connectivity index (χ4n) is 2.00. The molecule has 0 aliphatic heterocycles. The first-order valence-electron chi connectivity index (χ1n) is 5.61. The lowest BCUT2D eigenvalue weighted by Crippen LogP contribution is -2.13. The van der Waals surface area contributed by atoms with E-state index >= 15 is 0 Å². The van der Waals surface area contributed by atoms with E-state index in [4.69, 9.17) is 11.6 Å². The van der Waals surface area contributed by atoms with E-state index in [1.165, 1.54) is 12.8 Å². The number of halogens is 1. The second-order valence-electron chi connectivity index (χ2n) is 4.47. The largest absolute Gasteiger partial charge is 0.319 e. The fourth-order valence-corrected chi connectivity index (χ4v) is 2.32. The summed E-state index contributed by atoms with van der Waals surface area (Å²) in [5, 5.41) is 3.55. The summed E-state index contributed by atoms with van der Waals surface area (Å²) in [4.78, 5) is 0. The van der Waals surface area contributed by atoms with Gasteiger partial charge in [-0.25, -0.2) is 0 Å². The van der Waals surface area contributed by atoms with Gasteiger partial charge in [-0.15, -0.1) is 11.6 Å². The summed E-state index contributed by atoms with van der Waals surface area (Å²) in [6.07, 6.45) is 4.75. The molecule has 1 aliphatic rings. The van der Waals surface area contributed by atoms with E-state index in [2.05, 4.69) is 19.2 Å². The van der Waals surface area contributed by atoms with Gasteiger partial charge in [0.15, 0.2) is 0 Å². The molecule has 0 bridgehead atoms. The number of rotatable bonds is 3. The maximum Gasteiger partial charge on any atom is 0.0398 e. The van der Waals surface area contributed by atoms with Gasteiger partial charge in [0.1, 0.15) is 0 Å². The summed E-state index contributed by atoms with van der Waals surface area (Å²) in [5.74, 6) is 0.665. The Labute approximate surface area is 92.9 Å². The summed E-state index contributed by atoms with van der Waals surface area (Å²) in [6, 6.07) is 0. The van der Waals surface area contributed by atoms with Crippen molar-refractivity contribution in [1.82, 2.24) is 5.32 Å². The topological polar surface area (TPSA) is 12.0 Å².